The van der Waals surface area contributed by atoms with Crippen LogP contribution >= 0.6 is 69.6 Å². The van der Waals surface area contributed by atoms with Gasteiger partial charge in [-0.1, -0.05) is 35.4 Å². The molecule has 8 unspecified atom stereocenters. The number of ether oxygens (including phenoxy) is 2. The van der Waals surface area contributed by atoms with Crippen molar-refractivity contribution >= 4 is 81.5 Å². The molecule has 4 bridgehead atoms. The molecule has 0 saturated heterocycles. The van der Waals surface area contributed by atoms with E-state index in [9.17, 15) is 9.59 Å². The first-order valence-electron chi connectivity index (χ1n) is 7.98. The second-order valence-electron chi connectivity index (χ2n) is 7.31. The summed E-state index contributed by atoms with van der Waals surface area (Å²) < 4.78 is 8.95. The molecule has 8 atom stereocenters. The molecule has 4 rings (SSSR count). The molecule has 3 fully saturated rings. The summed E-state index contributed by atoms with van der Waals surface area (Å²) in [5, 5.41) is -0.854. The molecule has 0 aliphatic heterocycles. The van der Waals surface area contributed by atoms with Crippen molar-refractivity contribution in [3.63, 3.8) is 0 Å². The fourth-order valence-corrected chi connectivity index (χ4v) is 9.44. The Kier molecular flexibility index (Phi) is 4.19. The van der Waals surface area contributed by atoms with Crippen LogP contribution in [0, 0.1) is 23.7 Å². The van der Waals surface area contributed by atoms with Crippen LogP contribution in [0.2, 0.25) is 0 Å². The summed E-state index contributed by atoms with van der Waals surface area (Å²) >= 11 is 41.0. The highest BCUT2D eigenvalue weighted by Crippen LogP contribution is 2.86. The van der Waals surface area contributed by atoms with Crippen molar-refractivity contribution < 1.29 is 19.1 Å². The van der Waals surface area contributed by atoms with Crippen LogP contribution < -0.4 is 0 Å². The number of rotatable bonds is 3. The first kappa shape index (κ1) is 19.7. The molecule has 0 N–H and O–H groups in total. The van der Waals surface area contributed by atoms with Crippen molar-refractivity contribution in [3.8, 4) is 0 Å². The Hall–Kier alpha value is 0.420. The number of hydrogen-bond donors (Lipinski definition) is 0. The molecule has 144 valence electrons. The maximum atomic E-state index is 11.6. The molecule has 0 aromatic carbocycles. The highest BCUT2D eigenvalue weighted by Gasteiger charge is 2.96. The SMILES string of the molecule is CC(=O)OC(OC(C)=O)C1C2C=CC3C1C1(Cl)C2(Cl)C(Cl)C3(Cl)C1(Cl)Cl. The number of carbonyl (C=O) groups excluding carboxylic acids is 2. The van der Waals surface area contributed by atoms with E-state index in [1.165, 1.54) is 13.8 Å². The molecule has 0 aromatic heterocycles. The molecule has 10 heteroatoms. The van der Waals surface area contributed by atoms with Crippen LogP contribution in [0.3, 0.4) is 0 Å². The Morgan fingerprint density at radius 1 is 0.923 bits per heavy atom. The van der Waals surface area contributed by atoms with Gasteiger partial charge in [0.25, 0.3) is 6.29 Å². The lowest BCUT2D eigenvalue weighted by Crippen LogP contribution is -2.54. The summed E-state index contributed by atoms with van der Waals surface area (Å²) in [7, 11) is 0. The molecule has 0 aromatic rings. The van der Waals surface area contributed by atoms with E-state index in [-0.39, 0.29) is 0 Å². The zero-order valence-electron chi connectivity index (χ0n) is 13.5. The number of allylic oxidation sites excluding steroid dienone is 2. The smallest absolute Gasteiger partial charge is 0.305 e. The summed E-state index contributed by atoms with van der Waals surface area (Å²) in [6.45, 7) is 2.44. The quantitative estimate of drug-likeness (QED) is 0.261. The molecule has 0 spiro atoms. The van der Waals surface area contributed by atoms with Gasteiger partial charge in [-0.2, -0.15) is 0 Å². The molecule has 4 aliphatic carbocycles. The van der Waals surface area contributed by atoms with E-state index in [1.54, 1.807) is 0 Å². The summed E-state index contributed by atoms with van der Waals surface area (Å²) in [6.07, 6.45) is 2.51. The third kappa shape index (κ3) is 1.79. The minimum atomic E-state index is -1.64. The van der Waals surface area contributed by atoms with Crippen molar-refractivity contribution in [1.29, 1.82) is 0 Å². The molecule has 26 heavy (non-hydrogen) atoms. The lowest BCUT2D eigenvalue weighted by Gasteiger charge is -2.41. The van der Waals surface area contributed by atoms with E-state index in [4.69, 9.17) is 79.1 Å². The van der Waals surface area contributed by atoms with Gasteiger partial charge in [0.15, 0.2) is 4.33 Å². The van der Waals surface area contributed by atoms with Gasteiger partial charge in [0.1, 0.15) is 9.75 Å². The van der Waals surface area contributed by atoms with Crippen molar-refractivity contribution in [2.75, 3.05) is 0 Å². The van der Waals surface area contributed by atoms with Gasteiger partial charge in [-0.25, -0.2) is 0 Å². The van der Waals surface area contributed by atoms with Gasteiger partial charge in [-0.3, -0.25) is 9.59 Å². The molecule has 0 radical (unpaired) electrons. The lowest BCUT2D eigenvalue weighted by molar-refractivity contribution is -0.200. The molecule has 0 amide bonds. The average Bonchev–Trinajstić information content (AvgIpc) is 2.73. The highest BCUT2D eigenvalue weighted by atomic mass is 35.5. The molecular formula is C16H14Cl6O4. The van der Waals surface area contributed by atoms with Crippen molar-refractivity contribution in [1.82, 2.24) is 0 Å². The Labute approximate surface area is 180 Å². The first-order valence-corrected chi connectivity index (χ1v) is 10.3. The van der Waals surface area contributed by atoms with Gasteiger partial charge in [-0.05, 0) is 0 Å². The maximum absolute atomic E-state index is 11.6. The van der Waals surface area contributed by atoms with E-state index in [0.717, 1.165) is 0 Å². The van der Waals surface area contributed by atoms with Crippen LogP contribution in [0.25, 0.3) is 0 Å². The Morgan fingerprint density at radius 3 is 1.92 bits per heavy atom. The minimum Gasteiger partial charge on any atom is -0.425 e. The average molecular weight is 483 g/mol. The van der Waals surface area contributed by atoms with E-state index in [2.05, 4.69) is 0 Å². The summed E-state index contributed by atoms with van der Waals surface area (Å²) in [5.74, 6) is -3.22. The molecule has 4 aliphatic rings. The topological polar surface area (TPSA) is 52.6 Å². The lowest BCUT2D eigenvalue weighted by atomic mass is 9.74. The predicted octanol–water partition coefficient (Wildman–Crippen LogP) is 4.23. The van der Waals surface area contributed by atoms with Crippen LogP contribution in [-0.4, -0.2) is 42.6 Å². The van der Waals surface area contributed by atoms with Crippen LogP contribution in [-0.2, 0) is 19.1 Å². The fraction of sp³-hybridized carbons (Fsp3) is 0.750. The van der Waals surface area contributed by atoms with Gasteiger partial charge >= 0.3 is 11.9 Å². The van der Waals surface area contributed by atoms with Crippen molar-refractivity contribution in [2.24, 2.45) is 23.7 Å². The van der Waals surface area contributed by atoms with Crippen LogP contribution in [0.5, 0.6) is 0 Å². The largest absolute Gasteiger partial charge is 0.425 e. The van der Waals surface area contributed by atoms with E-state index in [1.807, 2.05) is 12.2 Å². The Balaban J connectivity index is 1.90. The fourth-order valence-electron chi connectivity index (χ4n) is 5.55. The third-order valence-corrected chi connectivity index (χ3v) is 11.3. The standard InChI is InChI=1S/C16H14Cl6O4/c1-5(23)25-11(26-6(2)24)9-7-3-4-8-10(9)15(20)13(7,18)12(17)14(8,19)16(15,21)22/h3-4,7-12H,1-2H3. The predicted molar refractivity (Wildman–Crippen MR) is 100 cm³/mol. The van der Waals surface area contributed by atoms with E-state index in [0.29, 0.717) is 0 Å². The van der Waals surface area contributed by atoms with Gasteiger partial charge in [-0.15, -0.1) is 46.4 Å². The summed E-state index contributed by atoms with van der Waals surface area (Å²) in [5.41, 5.74) is 0. The summed E-state index contributed by atoms with van der Waals surface area (Å²) in [4.78, 5) is 19.2. The van der Waals surface area contributed by atoms with Gasteiger partial charge in [0, 0.05) is 37.5 Å². The van der Waals surface area contributed by atoms with Crippen LogP contribution in [0.4, 0.5) is 0 Å². The highest BCUT2D eigenvalue weighted by molar-refractivity contribution is 6.63. The zero-order valence-corrected chi connectivity index (χ0v) is 18.1. The molecule has 4 nitrogen and oxygen atoms in total. The number of esters is 2. The number of halogens is 6. The van der Waals surface area contributed by atoms with Crippen molar-refractivity contribution in [3.05, 3.63) is 12.2 Å². The second kappa shape index (κ2) is 5.52. The van der Waals surface area contributed by atoms with Crippen LogP contribution in [0.15, 0.2) is 12.2 Å². The Bertz CT molecular complexity index is 726. The monoisotopic (exact) mass is 480 g/mol. The van der Waals surface area contributed by atoms with Gasteiger partial charge in [0.05, 0.1) is 10.3 Å². The van der Waals surface area contributed by atoms with Crippen LogP contribution in [0.1, 0.15) is 13.8 Å². The second-order valence-corrected chi connectivity index (χ2v) is 10.9. The number of hydrogen-bond acceptors (Lipinski definition) is 4. The maximum Gasteiger partial charge on any atom is 0.305 e. The Morgan fingerprint density at radius 2 is 1.42 bits per heavy atom. The van der Waals surface area contributed by atoms with Crippen molar-refractivity contribution in [2.45, 2.75) is 44.5 Å². The molecular weight excluding hydrogens is 469 g/mol. The zero-order chi connectivity index (χ0) is 19.4. The van der Waals surface area contributed by atoms with E-state index < -0.39 is 66.2 Å². The van der Waals surface area contributed by atoms with E-state index >= 15 is 0 Å². The molecule has 0 heterocycles. The normalized spacial score (nSPS) is 52.0. The number of fused-ring (bicyclic) bond motifs is 4. The minimum absolute atomic E-state index is 0.427. The number of carbonyl (C=O) groups is 2. The third-order valence-electron chi connectivity index (χ3n) is 6.28. The van der Waals surface area contributed by atoms with Gasteiger partial charge < -0.3 is 9.47 Å². The summed E-state index contributed by atoms with van der Waals surface area (Å²) in [6, 6.07) is 0. The first-order chi connectivity index (χ1) is 11.9. The molecule has 3 saturated carbocycles. The number of alkyl halides is 6. The van der Waals surface area contributed by atoms with Gasteiger partial charge in [0.2, 0.25) is 0 Å².